The molecule has 170 valence electrons. The highest BCUT2D eigenvalue weighted by atomic mass is 16.3. The maximum Gasteiger partial charge on any atom is 0.287 e. The first kappa shape index (κ1) is 22.0. The van der Waals surface area contributed by atoms with Crippen LogP contribution < -0.4 is 5.32 Å². The molecule has 2 fully saturated rings. The van der Waals surface area contributed by atoms with Crippen LogP contribution in [0.15, 0.2) is 27.9 Å². The van der Waals surface area contributed by atoms with Gasteiger partial charge in [0.05, 0.1) is 11.3 Å². The summed E-state index contributed by atoms with van der Waals surface area (Å²) in [7, 11) is 0. The highest BCUT2D eigenvalue weighted by molar-refractivity contribution is 5.95. The van der Waals surface area contributed by atoms with Gasteiger partial charge in [0.1, 0.15) is 5.76 Å². The minimum Gasteiger partial charge on any atom is -0.456 e. The highest BCUT2D eigenvalue weighted by Gasteiger charge is 2.54. The number of hydrogen-bond donors (Lipinski definition) is 1. The Morgan fingerprint density at radius 2 is 2.12 bits per heavy atom. The van der Waals surface area contributed by atoms with Crippen LogP contribution in [0.3, 0.4) is 0 Å². The topological polar surface area (TPSA) is 92.7 Å². The normalized spacial score (nSPS) is 19.5. The van der Waals surface area contributed by atoms with Gasteiger partial charge in [-0.3, -0.25) is 19.3 Å². The predicted molar refractivity (Wildman–Crippen MR) is 123 cm³/mol. The Morgan fingerprint density at radius 3 is 2.78 bits per heavy atom. The number of nitrogens with zero attached hydrogens (tertiary/aromatic N) is 4. The average molecular weight is 438 g/mol. The quantitative estimate of drug-likeness (QED) is 0.672. The third-order valence-corrected chi connectivity index (χ3v) is 6.95. The number of aromatic nitrogens is 2. The van der Waals surface area contributed by atoms with Gasteiger partial charge < -0.3 is 14.6 Å². The van der Waals surface area contributed by atoms with Gasteiger partial charge in [-0.1, -0.05) is 0 Å². The molecule has 4 rings (SSSR count). The fourth-order valence-electron chi connectivity index (χ4n) is 4.76. The van der Waals surface area contributed by atoms with E-state index in [1.165, 1.54) is 0 Å². The zero-order chi connectivity index (χ0) is 22.9. The van der Waals surface area contributed by atoms with E-state index in [1.54, 1.807) is 18.3 Å². The lowest BCUT2D eigenvalue weighted by Crippen LogP contribution is -2.40. The molecule has 0 aromatic carbocycles. The van der Waals surface area contributed by atoms with Gasteiger partial charge >= 0.3 is 0 Å². The minimum atomic E-state index is -0.197. The molecule has 3 heterocycles. The molecular formula is C24H31N5O3. The predicted octanol–water partition coefficient (Wildman–Crippen LogP) is 3.46. The van der Waals surface area contributed by atoms with Crippen LogP contribution in [0.25, 0.3) is 6.08 Å². The number of carbonyl (C=O) groups excluding carboxylic acids is 2. The molecule has 1 unspecified atom stereocenters. The first-order chi connectivity index (χ1) is 15.4. The standard InChI is InChI=1S/C24H31N5O3/c1-5-29-15-20(16(2)27-29)23(31)28-10-7-24(8-11-28)13-19(24)14-26-22(30)21-12-18(6-9-25-4)17(3)32-21/h6,9,12,15,19H,4-5,7-8,10-11,13-14H2,1-3H3,(H,26,30)/b9-6-. The lowest BCUT2D eigenvalue weighted by molar-refractivity contribution is 0.0668. The average Bonchev–Trinajstić information content (AvgIpc) is 3.10. The maximum absolute atomic E-state index is 12.9. The molecule has 2 aromatic heterocycles. The molecule has 1 saturated carbocycles. The molecular weight excluding hydrogens is 406 g/mol. The number of nitrogens with one attached hydrogen (secondary N) is 1. The molecule has 2 amide bonds. The zero-order valence-corrected chi connectivity index (χ0v) is 19.1. The molecule has 2 aromatic rings. The van der Waals surface area contributed by atoms with Crippen LogP contribution in [-0.2, 0) is 6.54 Å². The molecule has 0 bridgehead atoms. The Hall–Kier alpha value is -3.16. The van der Waals surface area contributed by atoms with Crippen LogP contribution >= 0.6 is 0 Å². The van der Waals surface area contributed by atoms with Crippen LogP contribution in [0.5, 0.6) is 0 Å². The Kier molecular flexibility index (Phi) is 6.04. The largest absolute Gasteiger partial charge is 0.456 e. The third-order valence-electron chi connectivity index (χ3n) is 6.95. The van der Waals surface area contributed by atoms with Crippen molar-refractivity contribution in [1.82, 2.24) is 20.0 Å². The first-order valence-corrected chi connectivity index (χ1v) is 11.2. The maximum atomic E-state index is 12.9. The van der Waals surface area contributed by atoms with E-state index in [0.717, 1.165) is 50.2 Å². The van der Waals surface area contributed by atoms with E-state index in [1.807, 2.05) is 36.5 Å². The molecule has 1 atom stereocenters. The molecule has 8 heteroatoms. The van der Waals surface area contributed by atoms with Crippen LogP contribution in [0.1, 0.15) is 64.1 Å². The van der Waals surface area contributed by atoms with Crippen molar-refractivity contribution in [1.29, 1.82) is 0 Å². The van der Waals surface area contributed by atoms with Crippen molar-refractivity contribution in [3.05, 3.63) is 46.8 Å². The number of aliphatic imine (C=N–C) groups is 1. The number of carbonyl (C=O) groups is 2. The van der Waals surface area contributed by atoms with Crippen molar-refractivity contribution in [2.45, 2.75) is 46.6 Å². The first-order valence-electron chi connectivity index (χ1n) is 11.2. The minimum absolute atomic E-state index is 0.0762. The van der Waals surface area contributed by atoms with Crippen molar-refractivity contribution < 1.29 is 14.0 Å². The van der Waals surface area contributed by atoms with Gasteiger partial charge in [0, 0.05) is 44.1 Å². The van der Waals surface area contributed by atoms with Crippen molar-refractivity contribution in [2.75, 3.05) is 19.6 Å². The highest BCUT2D eigenvalue weighted by Crippen LogP contribution is 2.59. The lowest BCUT2D eigenvalue weighted by atomic mass is 9.90. The number of hydrogen-bond acceptors (Lipinski definition) is 5. The molecule has 1 saturated heterocycles. The summed E-state index contributed by atoms with van der Waals surface area (Å²) in [5, 5.41) is 7.42. The molecule has 1 spiro atoms. The molecule has 1 N–H and O–H groups in total. The SMILES string of the molecule is C=N/C=C\c1cc(C(=O)NCC2CC23CCN(C(=O)c2cn(CC)nc2C)CC3)oc1C. The van der Waals surface area contributed by atoms with Gasteiger partial charge in [0.15, 0.2) is 5.76 Å². The lowest BCUT2D eigenvalue weighted by Gasteiger charge is -2.33. The summed E-state index contributed by atoms with van der Waals surface area (Å²) < 4.78 is 7.40. The van der Waals surface area contributed by atoms with E-state index < -0.39 is 0 Å². The van der Waals surface area contributed by atoms with Crippen LogP contribution in [0.4, 0.5) is 0 Å². The van der Waals surface area contributed by atoms with Gasteiger partial charge in [-0.25, -0.2) is 0 Å². The molecule has 1 aliphatic heterocycles. The summed E-state index contributed by atoms with van der Waals surface area (Å²) in [6.45, 7) is 12.0. The van der Waals surface area contributed by atoms with Crippen molar-refractivity contribution in [3.63, 3.8) is 0 Å². The number of aryl methyl sites for hydroxylation is 3. The van der Waals surface area contributed by atoms with Crippen LogP contribution in [0, 0.1) is 25.2 Å². The van der Waals surface area contributed by atoms with Gasteiger partial charge in [-0.15, -0.1) is 0 Å². The number of furan rings is 1. The van der Waals surface area contributed by atoms with Gasteiger partial charge in [0.2, 0.25) is 0 Å². The molecule has 1 aliphatic carbocycles. The van der Waals surface area contributed by atoms with Gasteiger partial charge in [-0.05, 0) is 70.2 Å². The molecule has 2 aliphatic rings. The number of amides is 2. The Morgan fingerprint density at radius 1 is 1.38 bits per heavy atom. The van der Waals surface area contributed by atoms with Gasteiger partial charge in [-0.2, -0.15) is 5.10 Å². The van der Waals surface area contributed by atoms with Crippen molar-refractivity contribution in [3.8, 4) is 0 Å². The second-order valence-corrected chi connectivity index (χ2v) is 8.87. The van der Waals surface area contributed by atoms with Crippen molar-refractivity contribution >= 4 is 24.6 Å². The molecule has 32 heavy (non-hydrogen) atoms. The van der Waals surface area contributed by atoms with E-state index >= 15 is 0 Å². The van der Waals surface area contributed by atoms with E-state index in [2.05, 4.69) is 22.1 Å². The summed E-state index contributed by atoms with van der Waals surface area (Å²) in [6, 6.07) is 1.72. The Labute approximate surface area is 188 Å². The summed E-state index contributed by atoms with van der Waals surface area (Å²) >= 11 is 0. The van der Waals surface area contributed by atoms with Gasteiger partial charge in [0.25, 0.3) is 11.8 Å². The van der Waals surface area contributed by atoms with E-state index in [4.69, 9.17) is 4.42 Å². The monoisotopic (exact) mass is 437 g/mol. The second kappa shape index (κ2) is 8.76. The fraction of sp³-hybridized carbons (Fsp3) is 0.500. The van der Waals surface area contributed by atoms with E-state index in [-0.39, 0.29) is 17.2 Å². The van der Waals surface area contributed by atoms with E-state index in [0.29, 0.717) is 29.5 Å². The summed E-state index contributed by atoms with van der Waals surface area (Å²) in [4.78, 5) is 31.1. The zero-order valence-electron chi connectivity index (χ0n) is 19.1. The number of rotatable bonds is 7. The summed E-state index contributed by atoms with van der Waals surface area (Å²) in [5.41, 5.74) is 2.56. The van der Waals surface area contributed by atoms with Crippen LogP contribution in [-0.4, -0.2) is 52.8 Å². The Balaban J connectivity index is 1.27. The van der Waals surface area contributed by atoms with Crippen LogP contribution in [0.2, 0.25) is 0 Å². The molecule has 8 nitrogen and oxygen atoms in total. The number of piperidine rings is 1. The van der Waals surface area contributed by atoms with Crippen molar-refractivity contribution in [2.24, 2.45) is 16.3 Å². The number of likely N-dealkylation sites (tertiary alicyclic amines) is 1. The second-order valence-electron chi connectivity index (χ2n) is 8.87. The fourth-order valence-corrected chi connectivity index (χ4v) is 4.76. The summed E-state index contributed by atoms with van der Waals surface area (Å²) in [6.07, 6.45) is 8.23. The third kappa shape index (κ3) is 4.26. The smallest absolute Gasteiger partial charge is 0.287 e. The van der Waals surface area contributed by atoms with E-state index in [9.17, 15) is 9.59 Å². The molecule has 0 radical (unpaired) electrons. The Bertz CT molecular complexity index is 1060. The summed E-state index contributed by atoms with van der Waals surface area (Å²) in [5.74, 6) is 1.32.